The summed E-state index contributed by atoms with van der Waals surface area (Å²) in [5.41, 5.74) is 4.56. The second-order valence-corrected chi connectivity index (χ2v) is 10.4. The van der Waals surface area contributed by atoms with E-state index in [1.54, 1.807) is 14.0 Å². The minimum Gasteiger partial charge on any atom is -0.496 e. The molecule has 0 aromatic heterocycles. The van der Waals surface area contributed by atoms with Gasteiger partial charge in [0.25, 0.3) is 0 Å². The molecule has 0 amide bonds. The van der Waals surface area contributed by atoms with Crippen LogP contribution in [0.2, 0.25) is 0 Å². The Kier molecular flexibility index (Phi) is 9.16. The fourth-order valence-corrected chi connectivity index (χ4v) is 5.62. The van der Waals surface area contributed by atoms with Crippen LogP contribution in [0.25, 0.3) is 0 Å². The Labute approximate surface area is 205 Å². The Hall–Kier alpha value is -2.36. The van der Waals surface area contributed by atoms with Crippen LogP contribution < -0.4 is 9.47 Å². The molecule has 4 nitrogen and oxygen atoms in total. The third kappa shape index (κ3) is 6.20. The van der Waals surface area contributed by atoms with Crippen LogP contribution in [0.5, 0.6) is 11.5 Å². The molecule has 0 unspecified atom stereocenters. The lowest BCUT2D eigenvalue weighted by Crippen LogP contribution is -2.22. The summed E-state index contributed by atoms with van der Waals surface area (Å²) in [6.07, 6.45) is 10.8. The van der Waals surface area contributed by atoms with Crippen molar-refractivity contribution in [3.8, 4) is 11.5 Å². The molecule has 1 fully saturated rings. The molecule has 0 spiro atoms. The first kappa shape index (κ1) is 26.2. The number of ether oxygens (including phenoxy) is 2. The fourth-order valence-electron chi connectivity index (χ4n) is 5.62. The minimum absolute atomic E-state index is 0.0244. The summed E-state index contributed by atoms with van der Waals surface area (Å²) in [4.78, 5) is 25.1. The van der Waals surface area contributed by atoms with E-state index < -0.39 is 0 Å². The normalized spacial score (nSPS) is 24.4. The summed E-state index contributed by atoms with van der Waals surface area (Å²) >= 11 is 0. The van der Waals surface area contributed by atoms with Crippen LogP contribution in [0.1, 0.15) is 96.1 Å². The number of unbranched alkanes of at least 4 members (excludes halogenated alkanes) is 2. The molecule has 0 radical (unpaired) electrons. The third-order valence-electron chi connectivity index (χ3n) is 7.72. The van der Waals surface area contributed by atoms with E-state index in [0.29, 0.717) is 18.6 Å². The summed E-state index contributed by atoms with van der Waals surface area (Å²) in [5.74, 6) is 1.43. The number of aryl methyl sites for hydroxylation is 1. The molecule has 1 aromatic carbocycles. The molecule has 0 N–H and O–H groups in total. The van der Waals surface area contributed by atoms with Crippen LogP contribution in [0, 0.1) is 17.8 Å². The summed E-state index contributed by atoms with van der Waals surface area (Å²) < 4.78 is 12.1. The Balaban J connectivity index is 2.01. The quantitative estimate of drug-likeness (QED) is 0.156. The van der Waals surface area contributed by atoms with Gasteiger partial charge in [0.15, 0.2) is 0 Å². The standard InChI is InChI=1S/C30H42O4/c1-7-8-9-10-22-16-27(33-6)29(26-15-20(4)11-14-25(26)19(2)3)28(17-22)34-30(32)24-13-12-23(18-24)21(5)31/h15-17,23-26H,2,7-14,18H2,1,3-6H3/t23-,24-,25-,26+/m0/s1. The molecule has 4 atom stereocenters. The van der Waals surface area contributed by atoms with Crippen molar-refractivity contribution in [3.05, 3.63) is 47.1 Å². The van der Waals surface area contributed by atoms with E-state index in [9.17, 15) is 9.59 Å². The van der Waals surface area contributed by atoms with Gasteiger partial charge in [0, 0.05) is 17.4 Å². The zero-order valence-corrected chi connectivity index (χ0v) is 21.7. The number of Topliss-reactive ketones (excluding diaryl/α,β-unsaturated/α-hetero) is 1. The lowest BCUT2D eigenvalue weighted by Gasteiger charge is -2.32. The van der Waals surface area contributed by atoms with Crippen molar-refractivity contribution in [2.75, 3.05) is 7.11 Å². The van der Waals surface area contributed by atoms with E-state index in [0.717, 1.165) is 67.4 Å². The zero-order valence-electron chi connectivity index (χ0n) is 21.7. The number of allylic oxidation sites excluding steroid dienone is 3. The van der Waals surface area contributed by atoms with E-state index in [-0.39, 0.29) is 35.4 Å². The van der Waals surface area contributed by atoms with Gasteiger partial charge in [0.2, 0.25) is 0 Å². The second-order valence-electron chi connectivity index (χ2n) is 10.4. The molecule has 1 saturated carbocycles. The summed E-state index contributed by atoms with van der Waals surface area (Å²) in [5, 5.41) is 0. The Morgan fingerprint density at radius 3 is 2.38 bits per heavy atom. The zero-order chi connectivity index (χ0) is 24.8. The van der Waals surface area contributed by atoms with Crippen LogP contribution in [-0.2, 0) is 16.0 Å². The molecule has 0 aliphatic heterocycles. The number of methoxy groups -OCH3 is 1. The van der Waals surface area contributed by atoms with Crippen LogP contribution in [-0.4, -0.2) is 18.9 Å². The van der Waals surface area contributed by atoms with Crippen LogP contribution in [0.3, 0.4) is 0 Å². The van der Waals surface area contributed by atoms with Gasteiger partial charge in [-0.1, -0.05) is 43.6 Å². The van der Waals surface area contributed by atoms with Gasteiger partial charge in [-0.25, -0.2) is 0 Å². The molecule has 2 aliphatic rings. The summed E-state index contributed by atoms with van der Waals surface area (Å²) in [6, 6.07) is 4.17. The summed E-state index contributed by atoms with van der Waals surface area (Å²) in [6.45, 7) is 12.3. The average molecular weight is 467 g/mol. The SMILES string of the molecule is C=C(C)[C@@H]1CCC(C)=C[C@H]1c1c(OC)cc(CCCCC)cc1OC(=O)[C@H]1CC[C@H](C(C)=O)C1. The summed E-state index contributed by atoms with van der Waals surface area (Å²) in [7, 11) is 1.70. The Morgan fingerprint density at radius 2 is 1.76 bits per heavy atom. The van der Waals surface area contributed by atoms with Crippen molar-refractivity contribution >= 4 is 11.8 Å². The van der Waals surface area contributed by atoms with Gasteiger partial charge >= 0.3 is 5.97 Å². The van der Waals surface area contributed by atoms with Crippen LogP contribution >= 0.6 is 0 Å². The highest BCUT2D eigenvalue weighted by Crippen LogP contribution is 2.47. The number of ketones is 1. The monoisotopic (exact) mass is 466 g/mol. The number of benzene rings is 1. The van der Waals surface area contributed by atoms with Gasteiger partial charge in [-0.15, -0.1) is 0 Å². The highest BCUT2D eigenvalue weighted by molar-refractivity contribution is 5.82. The maximum atomic E-state index is 13.3. The number of esters is 1. The van der Waals surface area contributed by atoms with E-state index in [1.807, 2.05) is 0 Å². The molecule has 0 bridgehead atoms. The molecule has 0 heterocycles. The van der Waals surface area contributed by atoms with Gasteiger partial charge < -0.3 is 9.47 Å². The number of hydrogen-bond donors (Lipinski definition) is 0. The lowest BCUT2D eigenvalue weighted by molar-refractivity contribution is -0.138. The number of carbonyl (C=O) groups is 2. The van der Waals surface area contributed by atoms with Crippen LogP contribution in [0.4, 0.5) is 0 Å². The molecule has 1 aromatic rings. The largest absolute Gasteiger partial charge is 0.496 e. The number of hydrogen-bond acceptors (Lipinski definition) is 4. The number of carbonyl (C=O) groups excluding carboxylic acids is 2. The first-order chi connectivity index (χ1) is 16.2. The molecule has 2 aliphatic carbocycles. The van der Waals surface area contributed by atoms with E-state index in [1.165, 1.54) is 5.57 Å². The Bertz CT molecular complexity index is 941. The van der Waals surface area contributed by atoms with Crippen LogP contribution in [0.15, 0.2) is 35.9 Å². The first-order valence-electron chi connectivity index (χ1n) is 13.0. The van der Waals surface area contributed by atoms with Gasteiger partial charge in [-0.3, -0.25) is 9.59 Å². The molecule has 34 heavy (non-hydrogen) atoms. The molecule has 0 saturated heterocycles. The second kappa shape index (κ2) is 11.9. The maximum Gasteiger partial charge on any atom is 0.314 e. The minimum atomic E-state index is -0.225. The van der Waals surface area contributed by atoms with Crippen molar-refractivity contribution in [2.45, 2.75) is 91.4 Å². The first-order valence-corrected chi connectivity index (χ1v) is 13.0. The third-order valence-corrected chi connectivity index (χ3v) is 7.72. The topological polar surface area (TPSA) is 52.6 Å². The van der Waals surface area contributed by atoms with Crippen molar-refractivity contribution in [1.29, 1.82) is 0 Å². The number of rotatable bonds is 10. The molecular formula is C30H42O4. The van der Waals surface area contributed by atoms with Crippen molar-refractivity contribution in [2.24, 2.45) is 17.8 Å². The molecular weight excluding hydrogens is 424 g/mol. The van der Waals surface area contributed by atoms with Gasteiger partial charge in [-0.05, 0) is 89.3 Å². The van der Waals surface area contributed by atoms with Gasteiger partial charge in [0.05, 0.1) is 13.0 Å². The van der Waals surface area contributed by atoms with Crippen molar-refractivity contribution in [1.82, 2.24) is 0 Å². The average Bonchev–Trinajstić information content (AvgIpc) is 3.29. The lowest BCUT2D eigenvalue weighted by atomic mass is 9.73. The Morgan fingerprint density at radius 1 is 1.06 bits per heavy atom. The van der Waals surface area contributed by atoms with Crippen molar-refractivity contribution in [3.63, 3.8) is 0 Å². The van der Waals surface area contributed by atoms with E-state index in [4.69, 9.17) is 9.47 Å². The predicted octanol–water partition coefficient (Wildman–Crippen LogP) is 7.35. The molecule has 4 heteroatoms. The highest BCUT2D eigenvalue weighted by atomic mass is 16.5. The van der Waals surface area contributed by atoms with E-state index in [2.05, 4.69) is 45.6 Å². The van der Waals surface area contributed by atoms with E-state index >= 15 is 0 Å². The van der Waals surface area contributed by atoms with Gasteiger partial charge in [0.1, 0.15) is 17.3 Å². The van der Waals surface area contributed by atoms with Crippen molar-refractivity contribution < 1.29 is 19.1 Å². The molecule has 3 rings (SSSR count). The maximum absolute atomic E-state index is 13.3. The predicted molar refractivity (Wildman–Crippen MR) is 137 cm³/mol. The fraction of sp³-hybridized carbons (Fsp3) is 0.600. The smallest absolute Gasteiger partial charge is 0.314 e. The highest BCUT2D eigenvalue weighted by Gasteiger charge is 2.36. The van der Waals surface area contributed by atoms with Gasteiger partial charge in [-0.2, -0.15) is 0 Å². The molecule has 186 valence electrons.